The van der Waals surface area contributed by atoms with Gasteiger partial charge in [0, 0.05) is 17.5 Å². The number of carbonyl (C=O) groups excluding carboxylic acids is 2. The van der Waals surface area contributed by atoms with Gasteiger partial charge in [-0.2, -0.15) is 5.10 Å². The minimum Gasteiger partial charge on any atom is -0.469 e. The Morgan fingerprint density at radius 1 is 1.35 bits per heavy atom. The van der Waals surface area contributed by atoms with E-state index in [2.05, 4.69) is 10.4 Å². The Morgan fingerprint density at radius 3 is 2.65 bits per heavy atom. The Labute approximate surface area is 159 Å². The molecule has 0 bridgehead atoms. The van der Waals surface area contributed by atoms with E-state index in [1.165, 1.54) is 18.4 Å². The number of nitrogens with one attached hydrogen (secondary N) is 1. The lowest BCUT2D eigenvalue weighted by molar-refractivity contribution is -0.141. The fraction of sp³-hybridized carbons (Fsp3) is 0.278. The number of hydrogen-bond acceptors (Lipinski definition) is 5. The second kappa shape index (κ2) is 7.47. The number of thiophene rings is 1. The Balaban J connectivity index is 1.86. The van der Waals surface area contributed by atoms with Crippen LogP contribution in [0, 0.1) is 6.92 Å². The molecule has 1 aromatic carbocycles. The van der Waals surface area contributed by atoms with Crippen LogP contribution >= 0.6 is 22.9 Å². The molecular formula is C18H18ClN3O3S. The summed E-state index contributed by atoms with van der Waals surface area (Å²) in [7, 11) is 3.17. The second-order valence-corrected chi connectivity index (χ2v) is 7.36. The molecule has 136 valence electrons. The molecule has 0 spiro atoms. The summed E-state index contributed by atoms with van der Waals surface area (Å²) in [6, 6.07) is 8.35. The molecule has 0 aliphatic carbocycles. The molecule has 3 rings (SSSR count). The Morgan fingerprint density at radius 2 is 2.04 bits per heavy atom. The number of benzene rings is 1. The Bertz CT molecular complexity index is 928. The van der Waals surface area contributed by atoms with Gasteiger partial charge in [0.25, 0.3) is 5.91 Å². The lowest BCUT2D eigenvalue weighted by atomic mass is 10.0. The molecule has 0 aliphatic rings. The molecule has 1 amide bonds. The highest BCUT2D eigenvalue weighted by atomic mass is 35.5. The zero-order chi connectivity index (χ0) is 18.8. The van der Waals surface area contributed by atoms with E-state index in [4.69, 9.17) is 16.3 Å². The predicted molar refractivity (Wildman–Crippen MR) is 102 cm³/mol. The summed E-state index contributed by atoms with van der Waals surface area (Å²) in [4.78, 5) is 26.0. The fourth-order valence-corrected chi connectivity index (χ4v) is 3.90. The van der Waals surface area contributed by atoms with Crippen molar-refractivity contribution in [1.82, 2.24) is 15.1 Å². The summed E-state index contributed by atoms with van der Waals surface area (Å²) in [6.07, 6.45) is 0.0371. The van der Waals surface area contributed by atoms with E-state index in [1.54, 1.807) is 28.9 Å². The molecule has 6 nitrogen and oxygen atoms in total. The molecule has 1 N–H and O–H groups in total. The quantitative estimate of drug-likeness (QED) is 0.674. The number of amides is 1. The summed E-state index contributed by atoms with van der Waals surface area (Å²) in [6.45, 7) is 1.91. The number of ether oxygens (including phenoxy) is 1. The third kappa shape index (κ3) is 3.73. The topological polar surface area (TPSA) is 73.2 Å². The molecule has 0 unspecified atom stereocenters. The number of nitrogens with zero attached hydrogens (tertiary/aromatic N) is 2. The van der Waals surface area contributed by atoms with Gasteiger partial charge in [0.1, 0.15) is 4.83 Å². The number of rotatable bonds is 5. The number of methoxy groups -OCH3 is 1. The monoisotopic (exact) mass is 391 g/mol. The largest absolute Gasteiger partial charge is 0.469 e. The zero-order valence-electron chi connectivity index (χ0n) is 14.6. The minimum absolute atomic E-state index is 0.0371. The van der Waals surface area contributed by atoms with E-state index in [-0.39, 0.29) is 12.3 Å². The molecule has 0 fully saturated rings. The van der Waals surface area contributed by atoms with Crippen molar-refractivity contribution in [2.24, 2.45) is 7.05 Å². The van der Waals surface area contributed by atoms with Crippen LogP contribution in [-0.2, 0) is 16.6 Å². The summed E-state index contributed by atoms with van der Waals surface area (Å²) < 4.78 is 6.52. The van der Waals surface area contributed by atoms with E-state index in [1.807, 2.05) is 20.0 Å². The molecule has 0 radical (unpaired) electrons. The predicted octanol–water partition coefficient (Wildman–Crippen LogP) is 3.63. The third-order valence-electron chi connectivity index (χ3n) is 4.10. The van der Waals surface area contributed by atoms with Gasteiger partial charge in [-0.25, -0.2) is 0 Å². The van der Waals surface area contributed by atoms with Gasteiger partial charge in [0.05, 0.1) is 30.1 Å². The maximum atomic E-state index is 12.7. The summed E-state index contributed by atoms with van der Waals surface area (Å²) in [5.41, 5.74) is 1.66. The third-order valence-corrected chi connectivity index (χ3v) is 5.55. The molecule has 0 aliphatic heterocycles. The van der Waals surface area contributed by atoms with Gasteiger partial charge < -0.3 is 10.1 Å². The highest BCUT2D eigenvalue weighted by molar-refractivity contribution is 7.20. The molecule has 26 heavy (non-hydrogen) atoms. The van der Waals surface area contributed by atoms with Crippen LogP contribution in [0.4, 0.5) is 0 Å². The lowest BCUT2D eigenvalue weighted by Gasteiger charge is -2.18. The van der Waals surface area contributed by atoms with Gasteiger partial charge in [-0.3, -0.25) is 14.3 Å². The smallest absolute Gasteiger partial charge is 0.307 e. The summed E-state index contributed by atoms with van der Waals surface area (Å²) in [5, 5.41) is 8.81. The minimum atomic E-state index is -0.503. The first kappa shape index (κ1) is 18.4. The van der Waals surface area contributed by atoms with Crippen molar-refractivity contribution in [3.05, 3.63) is 51.5 Å². The standard InChI is InChI=1S/C18H18ClN3O3S/c1-10-13-8-15(26-18(13)22(2)21-10)17(24)20-14(9-16(23)25-3)11-4-6-12(19)7-5-11/h4-8,14H,9H2,1-3H3,(H,20,24)/t14-/m0/s1. The average Bonchev–Trinajstić information content (AvgIpc) is 3.17. The van der Waals surface area contributed by atoms with Crippen molar-refractivity contribution in [2.45, 2.75) is 19.4 Å². The van der Waals surface area contributed by atoms with Crippen LogP contribution in [0.2, 0.25) is 5.02 Å². The van der Waals surface area contributed by atoms with E-state index < -0.39 is 12.0 Å². The van der Waals surface area contributed by atoms with Crippen LogP contribution in [0.5, 0.6) is 0 Å². The number of hydrogen-bond donors (Lipinski definition) is 1. The highest BCUT2D eigenvalue weighted by Gasteiger charge is 2.22. The first-order valence-electron chi connectivity index (χ1n) is 7.95. The van der Waals surface area contributed by atoms with Crippen molar-refractivity contribution >= 4 is 45.0 Å². The molecule has 0 saturated heterocycles. The number of aryl methyl sites for hydroxylation is 2. The SMILES string of the molecule is COC(=O)C[C@H](NC(=O)c1cc2c(C)nn(C)c2s1)c1ccc(Cl)cc1. The summed E-state index contributed by atoms with van der Waals surface area (Å²) >= 11 is 7.30. The van der Waals surface area contributed by atoms with Gasteiger partial charge in [-0.1, -0.05) is 23.7 Å². The van der Waals surface area contributed by atoms with E-state index in [0.29, 0.717) is 9.90 Å². The number of halogens is 1. The van der Waals surface area contributed by atoms with Crippen LogP contribution in [0.25, 0.3) is 10.2 Å². The lowest BCUT2D eigenvalue weighted by Crippen LogP contribution is -2.30. The molecule has 8 heteroatoms. The van der Waals surface area contributed by atoms with Crippen LogP contribution in [0.1, 0.15) is 33.4 Å². The van der Waals surface area contributed by atoms with Crippen molar-refractivity contribution < 1.29 is 14.3 Å². The van der Waals surface area contributed by atoms with Crippen LogP contribution < -0.4 is 5.32 Å². The summed E-state index contributed by atoms with van der Waals surface area (Å²) in [5.74, 6) is -0.643. The van der Waals surface area contributed by atoms with Gasteiger partial charge in [-0.15, -0.1) is 11.3 Å². The normalized spacial score (nSPS) is 12.2. The van der Waals surface area contributed by atoms with Crippen LogP contribution in [0.15, 0.2) is 30.3 Å². The van der Waals surface area contributed by atoms with Crippen molar-refractivity contribution in [1.29, 1.82) is 0 Å². The van der Waals surface area contributed by atoms with Crippen LogP contribution in [-0.4, -0.2) is 28.8 Å². The first-order valence-corrected chi connectivity index (χ1v) is 9.14. The molecule has 0 saturated carbocycles. The Hall–Kier alpha value is -2.38. The fourth-order valence-electron chi connectivity index (χ4n) is 2.74. The van der Waals surface area contributed by atoms with Gasteiger partial charge in [0.2, 0.25) is 0 Å². The van der Waals surface area contributed by atoms with E-state index in [0.717, 1.165) is 21.5 Å². The number of aromatic nitrogens is 2. The molecule has 2 heterocycles. The number of fused-ring (bicyclic) bond motifs is 1. The average molecular weight is 392 g/mol. The molecule has 3 aromatic rings. The van der Waals surface area contributed by atoms with Crippen molar-refractivity contribution in [2.75, 3.05) is 7.11 Å². The molecule has 2 aromatic heterocycles. The maximum Gasteiger partial charge on any atom is 0.307 e. The molecular weight excluding hydrogens is 374 g/mol. The number of carbonyl (C=O) groups is 2. The first-order chi connectivity index (χ1) is 12.4. The zero-order valence-corrected chi connectivity index (χ0v) is 16.1. The van der Waals surface area contributed by atoms with E-state index >= 15 is 0 Å². The van der Waals surface area contributed by atoms with Gasteiger partial charge in [0.15, 0.2) is 0 Å². The second-order valence-electron chi connectivity index (χ2n) is 5.90. The molecule has 1 atom stereocenters. The van der Waals surface area contributed by atoms with Crippen molar-refractivity contribution in [3.63, 3.8) is 0 Å². The number of esters is 1. The van der Waals surface area contributed by atoms with Crippen LogP contribution in [0.3, 0.4) is 0 Å². The van der Waals surface area contributed by atoms with Gasteiger partial charge in [-0.05, 0) is 30.7 Å². The van der Waals surface area contributed by atoms with Crippen molar-refractivity contribution in [3.8, 4) is 0 Å². The van der Waals surface area contributed by atoms with E-state index in [9.17, 15) is 9.59 Å². The Kier molecular flexibility index (Phi) is 5.29. The highest BCUT2D eigenvalue weighted by Crippen LogP contribution is 2.28. The van der Waals surface area contributed by atoms with Gasteiger partial charge >= 0.3 is 5.97 Å². The maximum absolute atomic E-state index is 12.7.